The van der Waals surface area contributed by atoms with Gasteiger partial charge in [0.15, 0.2) is 11.6 Å². The van der Waals surface area contributed by atoms with E-state index in [0.717, 1.165) is 6.07 Å². The summed E-state index contributed by atoms with van der Waals surface area (Å²) in [7, 11) is 0. The van der Waals surface area contributed by atoms with Gasteiger partial charge in [0.2, 0.25) is 0 Å². The number of anilines is 1. The molecule has 2 fully saturated rings. The first-order chi connectivity index (χ1) is 18.5. The summed E-state index contributed by atoms with van der Waals surface area (Å²) in [5.41, 5.74) is 0.180. The SMILES string of the molecule is CC(C)n1nc(-c2cc(F)cc(F)c2F)c(CN2CCC3(CC2)CN(c2ccc(C(=O)O)cc2)C(=O)O3)c1Cl. The van der Waals surface area contributed by atoms with Crippen LogP contribution in [0, 0.1) is 17.5 Å². The van der Waals surface area contributed by atoms with Crippen LogP contribution >= 0.6 is 11.6 Å². The number of carboxylic acids is 1. The van der Waals surface area contributed by atoms with Crippen molar-refractivity contribution in [3.05, 3.63) is 70.1 Å². The number of carbonyl (C=O) groups is 2. The van der Waals surface area contributed by atoms with E-state index in [1.54, 1.807) is 12.1 Å². The second-order valence-electron chi connectivity index (χ2n) is 10.2. The van der Waals surface area contributed by atoms with E-state index in [9.17, 15) is 22.8 Å². The minimum absolute atomic E-state index is 0.0770. The van der Waals surface area contributed by atoms with Gasteiger partial charge in [-0.2, -0.15) is 5.10 Å². The molecule has 2 aromatic carbocycles. The number of aromatic nitrogens is 2. The molecule has 1 aromatic heterocycles. The van der Waals surface area contributed by atoms with Crippen LogP contribution in [0.3, 0.4) is 0 Å². The number of ether oxygens (including phenoxy) is 1. The summed E-state index contributed by atoms with van der Waals surface area (Å²) in [5, 5.41) is 13.8. The average Bonchev–Trinajstić information content (AvgIpc) is 3.39. The summed E-state index contributed by atoms with van der Waals surface area (Å²) >= 11 is 6.63. The van der Waals surface area contributed by atoms with Crippen LogP contribution in [-0.4, -0.2) is 57.1 Å². The molecule has 3 heterocycles. The molecule has 0 radical (unpaired) electrons. The molecule has 2 aliphatic heterocycles. The second kappa shape index (κ2) is 10.2. The number of hydrogen-bond acceptors (Lipinski definition) is 5. The van der Waals surface area contributed by atoms with Crippen LogP contribution in [0.15, 0.2) is 36.4 Å². The van der Waals surface area contributed by atoms with E-state index in [1.165, 1.54) is 21.7 Å². The number of aromatic carboxylic acids is 1. The topological polar surface area (TPSA) is 87.9 Å². The molecule has 3 aromatic rings. The van der Waals surface area contributed by atoms with Gasteiger partial charge in [0.05, 0.1) is 12.1 Å². The standard InChI is InChI=1S/C27H26ClF3N4O4/c1-15(2)35-24(28)20(23(32-35)19-11-17(29)12-21(30)22(19)31)13-33-9-7-27(8-10-33)14-34(26(38)39-27)18-5-3-16(4-6-18)25(36)37/h3-6,11-12,15H,7-10,13-14H2,1-2H3,(H,36,37). The Morgan fingerprint density at radius 2 is 1.82 bits per heavy atom. The minimum Gasteiger partial charge on any atom is -0.478 e. The first-order valence-corrected chi connectivity index (χ1v) is 12.8. The number of carbonyl (C=O) groups excluding carboxylic acids is 1. The third-order valence-corrected chi connectivity index (χ3v) is 7.63. The molecule has 12 heteroatoms. The number of nitrogens with zero attached hydrogens (tertiary/aromatic N) is 4. The van der Waals surface area contributed by atoms with Gasteiger partial charge in [-0.05, 0) is 44.2 Å². The van der Waals surface area contributed by atoms with Crippen LogP contribution < -0.4 is 4.90 Å². The fraction of sp³-hybridized carbons (Fsp3) is 0.370. The van der Waals surface area contributed by atoms with E-state index in [2.05, 4.69) is 5.10 Å². The molecule has 1 spiro atoms. The Morgan fingerprint density at radius 3 is 2.44 bits per heavy atom. The van der Waals surface area contributed by atoms with Crippen LogP contribution in [0.5, 0.6) is 0 Å². The zero-order valence-corrected chi connectivity index (χ0v) is 22.0. The molecule has 0 bridgehead atoms. The molecule has 1 N–H and O–H groups in total. The Bertz CT molecular complexity index is 1440. The van der Waals surface area contributed by atoms with E-state index >= 15 is 0 Å². The zero-order valence-electron chi connectivity index (χ0n) is 21.3. The van der Waals surface area contributed by atoms with Crippen molar-refractivity contribution in [1.82, 2.24) is 14.7 Å². The number of hydrogen-bond donors (Lipinski definition) is 1. The van der Waals surface area contributed by atoms with Gasteiger partial charge in [0.1, 0.15) is 22.3 Å². The summed E-state index contributed by atoms with van der Waals surface area (Å²) < 4.78 is 50.0. The van der Waals surface area contributed by atoms with Crippen LogP contribution in [0.2, 0.25) is 5.15 Å². The van der Waals surface area contributed by atoms with Gasteiger partial charge < -0.3 is 9.84 Å². The summed E-state index contributed by atoms with van der Waals surface area (Å²) in [4.78, 5) is 27.4. The highest BCUT2D eigenvalue weighted by Crippen LogP contribution is 2.38. The Kier molecular flexibility index (Phi) is 7.06. The highest BCUT2D eigenvalue weighted by Gasteiger charge is 2.47. The number of rotatable bonds is 6. The fourth-order valence-electron chi connectivity index (χ4n) is 5.08. The lowest BCUT2D eigenvalue weighted by Gasteiger charge is -2.37. The molecule has 8 nitrogen and oxygen atoms in total. The Labute approximate surface area is 227 Å². The smallest absolute Gasteiger partial charge is 0.415 e. The maximum Gasteiger partial charge on any atom is 0.415 e. The fourth-order valence-corrected chi connectivity index (χ4v) is 5.47. The molecular formula is C27H26ClF3N4O4. The monoisotopic (exact) mass is 562 g/mol. The first kappa shape index (κ1) is 27.0. The molecule has 0 aliphatic carbocycles. The number of carboxylic acid groups (broad SMARTS) is 1. The predicted molar refractivity (Wildman–Crippen MR) is 137 cm³/mol. The van der Waals surface area contributed by atoms with E-state index in [-0.39, 0.29) is 34.6 Å². The lowest BCUT2D eigenvalue weighted by atomic mass is 9.91. The van der Waals surface area contributed by atoms with Gasteiger partial charge in [-0.1, -0.05) is 11.6 Å². The zero-order chi connectivity index (χ0) is 28.1. The van der Waals surface area contributed by atoms with Crippen molar-refractivity contribution >= 4 is 29.4 Å². The van der Waals surface area contributed by atoms with Gasteiger partial charge in [0.25, 0.3) is 0 Å². The van der Waals surface area contributed by atoms with Crippen molar-refractivity contribution in [3.63, 3.8) is 0 Å². The highest BCUT2D eigenvalue weighted by molar-refractivity contribution is 6.30. The number of amides is 1. The summed E-state index contributed by atoms with van der Waals surface area (Å²) in [6.07, 6.45) is 0.520. The number of halogens is 4. The molecular weight excluding hydrogens is 537 g/mol. The summed E-state index contributed by atoms with van der Waals surface area (Å²) in [5.74, 6) is -4.48. The van der Waals surface area contributed by atoms with Crippen molar-refractivity contribution in [2.45, 2.75) is 44.9 Å². The summed E-state index contributed by atoms with van der Waals surface area (Å²) in [6, 6.07) is 7.23. The van der Waals surface area contributed by atoms with Gasteiger partial charge in [-0.25, -0.2) is 22.8 Å². The van der Waals surface area contributed by atoms with E-state index in [0.29, 0.717) is 49.8 Å². The maximum absolute atomic E-state index is 14.7. The average molecular weight is 563 g/mol. The van der Waals surface area contributed by atoms with Crippen molar-refractivity contribution in [2.75, 3.05) is 24.5 Å². The van der Waals surface area contributed by atoms with E-state index in [4.69, 9.17) is 21.4 Å². The second-order valence-corrected chi connectivity index (χ2v) is 10.5. The van der Waals surface area contributed by atoms with Crippen LogP contribution in [-0.2, 0) is 11.3 Å². The van der Waals surface area contributed by atoms with E-state index in [1.807, 2.05) is 18.7 Å². The normalized spacial score (nSPS) is 17.3. The molecule has 5 rings (SSSR count). The van der Waals surface area contributed by atoms with Crippen molar-refractivity contribution in [1.29, 1.82) is 0 Å². The van der Waals surface area contributed by atoms with Crippen molar-refractivity contribution in [2.24, 2.45) is 0 Å². The van der Waals surface area contributed by atoms with Gasteiger partial charge in [0, 0.05) is 61.4 Å². The van der Waals surface area contributed by atoms with Gasteiger partial charge >= 0.3 is 12.1 Å². The van der Waals surface area contributed by atoms with Crippen LogP contribution in [0.1, 0.15) is 48.7 Å². The Balaban J connectivity index is 1.34. The number of piperidine rings is 1. The Hall–Kier alpha value is -3.57. The number of benzene rings is 2. The molecule has 206 valence electrons. The third kappa shape index (κ3) is 5.08. The van der Waals surface area contributed by atoms with Crippen molar-refractivity contribution < 1.29 is 32.6 Å². The predicted octanol–water partition coefficient (Wildman–Crippen LogP) is 5.89. The molecule has 2 saturated heterocycles. The lowest BCUT2D eigenvalue weighted by Crippen LogP contribution is -2.46. The van der Waals surface area contributed by atoms with E-state index < -0.39 is 35.1 Å². The van der Waals surface area contributed by atoms with Crippen LogP contribution in [0.4, 0.5) is 23.7 Å². The highest BCUT2D eigenvalue weighted by atomic mass is 35.5. The minimum atomic E-state index is -1.31. The van der Waals surface area contributed by atoms with Gasteiger partial charge in [-0.3, -0.25) is 14.5 Å². The molecule has 0 unspecified atom stereocenters. The molecule has 2 aliphatic rings. The maximum atomic E-state index is 14.7. The van der Waals surface area contributed by atoms with Crippen molar-refractivity contribution in [3.8, 4) is 11.3 Å². The van der Waals surface area contributed by atoms with Crippen LogP contribution in [0.25, 0.3) is 11.3 Å². The molecule has 0 saturated carbocycles. The quantitative estimate of drug-likeness (QED) is 0.377. The summed E-state index contributed by atoms with van der Waals surface area (Å²) in [6.45, 7) is 5.29. The lowest BCUT2D eigenvalue weighted by molar-refractivity contribution is -0.000941. The molecule has 1 amide bonds. The first-order valence-electron chi connectivity index (χ1n) is 12.5. The largest absolute Gasteiger partial charge is 0.478 e. The third-order valence-electron chi connectivity index (χ3n) is 7.23. The van der Waals surface area contributed by atoms with Gasteiger partial charge in [-0.15, -0.1) is 0 Å². The number of likely N-dealkylation sites (tertiary alicyclic amines) is 1. The molecule has 0 atom stereocenters. The Morgan fingerprint density at radius 1 is 1.15 bits per heavy atom. The molecule has 39 heavy (non-hydrogen) atoms.